The van der Waals surface area contributed by atoms with Crippen LogP contribution in [0.3, 0.4) is 0 Å². The number of rotatable bonds is 4. The van der Waals surface area contributed by atoms with Crippen molar-refractivity contribution in [1.82, 2.24) is 0 Å². The lowest BCUT2D eigenvalue weighted by molar-refractivity contribution is -0.385. The van der Waals surface area contributed by atoms with Crippen molar-refractivity contribution in [2.75, 3.05) is 4.90 Å². The van der Waals surface area contributed by atoms with Gasteiger partial charge < -0.3 is 9.64 Å². The third-order valence-corrected chi connectivity index (χ3v) is 6.54. The van der Waals surface area contributed by atoms with Crippen molar-refractivity contribution in [2.24, 2.45) is 0 Å². The Morgan fingerprint density at radius 1 is 0.972 bits per heavy atom. The van der Waals surface area contributed by atoms with E-state index in [1.165, 1.54) is 25.1 Å². The van der Waals surface area contributed by atoms with E-state index < -0.39 is 51.3 Å². The molecule has 3 aromatic rings. The maximum Gasteiger partial charge on any atom is 0.345 e. The molecule has 0 fully saturated rings. The van der Waals surface area contributed by atoms with Crippen LogP contribution in [0, 0.1) is 10.1 Å². The summed E-state index contributed by atoms with van der Waals surface area (Å²) in [5.41, 5.74) is -0.0645. The van der Waals surface area contributed by atoms with Gasteiger partial charge in [-0.1, -0.05) is 42.5 Å². The summed E-state index contributed by atoms with van der Waals surface area (Å²) in [5, 5.41) is 12.0. The first-order valence-corrected chi connectivity index (χ1v) is 11.3. The number of fused-ring (bicyclic) bond motifs is 3. The third-order valence-electron chi connectivity index (χ3n) is 6.54. The summed E-state index contributed by atoms with van der Waals surface area (Å²) in [6.45, 7) is 3.27. The monoisotopic (exact) mass is 484 g/mol. The zero-order chi connectivity index (χ0) is 25.7. The van der Waals surface area contributed by atoms with Crippen LogP contribution in [0.5, 0.6) is 0 Å². The van der Waals surface area contributed by atoms with Crippen molar-refractivity contribution in [3.05, 3.63) is 104 Å². The quantitative estimate of drug-likeness (QED) is 0.244. The van der Waals surface area contributed by atoms with Crippen LogP contribution in [0.15, 0.2) is 60.7 Å². The lowest BCUT2D eigenvalue weighted by atomic mass is 9.82. The van der Waals surface area contributed by atoms with Gasteiger partial charge in [-0.2, -0.15) is 0 Å². The minimum absolute atomic E-state index is 0.0221. The van der Waals surface area contributed by atoms with Gasteiger partial charge in [0.05, 0.1) is 4.92 Å². The van der Waals surface area contributed by atoms with Gasteiger partial charge in [-0.05, 0) is 44.0 Å². The molecule has 0 spiro atoms. The minimum Gasteiger partial charge on any atom is -0.449 e. The van der Waals surface area contributed by atoms with Crippen molar-refractivity contribution in [3.63, 3.8) is 0 Å². The van der Waals surface area contributed by atoms with Gasteiger partial charge in [0.15, 0.2) is 11.9 Å². The molecule has 9 nitrogen and oxygen atoms in total. The van der Waals surface area contributed by atoms with Gasteiger partial charge in [-0.3, -0.25) is 24.5 Å². The Morgan fingerprint density at radius 2 is 1.61 bits per heavy atom. The highest BCUT2D eigenvalue weighted by Crippen LogP contribution is 2.36. The molecule has 1 aliphatic carbocycles. The summed E-state index contributed by atoms with van der Waals surface area (Å²) < 4.78 is 5.36. The second-order valence-electron chi connectivity index (χ2n) is 8.78. The molecule has 36 heavy (non-hydrogen) atoms. The third kappa shape index (κ3) is 3.48. The van der Waals surface area contributed by atoms with E-state index in [1.807, 2.05) is 19.1 Å². The Balaban J connectivity index is 1.48. The number of para-hydroxylation sites is 1. The molecule has 2 aliphatic rings. The maximum atomic E-state index is 13.2. The first kappa shape index (κ1) is 23.1. The number of nitro benzene ring substituents is 1. The van der Waals surface area contributed by atoms with E-state index in [9.17, 15) is 29.3 Å². The van der Waals surface area contributed by atoms with Gasteiger partial charge in [0.1, 0.15) is 11.1 Å². The molecule has 0 radical (unpaired) electrons. The summed E-state index contributed by atoms with van der Waals surface area (Å²) >= 11 is 0. The van der Waals surface area contributed by atoms with Gasteiger partial charge in [0.25, 0.3) is 11.6 Å². The molecule has 2 atom stereocenters. The number of carbonyl (C=O) groups excluding carboxylic acids is 4. The number of hydrogen-bond acceptors (Lipinski definition) is 7. The molecule has 5 rings (SSSR count). The van der Waals surface area contributed by atoms with E-state index in [0.29, 0.717) is 6.42 Å². The highest BCUT2D eigenvalue weighted by Gasteiger charge is 2.40. The second-order valence-corrected chi connectivity index (χ2v) is 8.78. The summed E-state index contributed by atoms with van der Waals surface area (Å²) in [7, 11) is 0. The van der Waals surface area contributed by atoms with Crippen LogP contribution in [-0.2, 0) is 16.0 Å². The van der Waals surface area contributed by atoms with E-state index in [2.05, 4.69) is 0 Å². The molecule has 0 bridgehead atoms. The Bertz CT molecular complexity index is 1490. The predicted octanol–water partition coefficient (Wildman–Crippen LogP) is 3.89. The van der Waals surface area contributed by atoms with Crippen molar-refractivity contribution in [3.8, 4) is 0 Å². The number of nitro groups is 1. The van der Waals surface area contributed by atoms with E-state index in [0.717, 1.165) is 17.3 Å². The normalized spacial score (nSPS) is 16.6. The van der Waals surface area contributed by atoms with Crippen molar-refractivity contribution >= 4 is 34.8 Å². The molecule has 1 heterocycles. The molecule has 9 heteroatoms. The zero-order valence-electron chi connectivity index (χ0n) is 19.4. The molecule has 3 aromatic carbocycles. The van der Waals surface area contributed by atoms with Crippen molar-refractivity contribution in [2.45, 2.75) is 32.4 Å². The first-order chi connectivity index (χ1) is 17.2. The molecular formula is C27H20N2O7. The number of amides is 1. The largest absolute Gasteiger partial charge is 0.449 e. The predicted molar refractivity (Wildman–Crippen MR) is 128 cm³/mol. The van der Waals surface area contributed by atoms with Crippen molar-refractivity contribution in [1.29, 1.82) is 0 Å². The molecule has 1 aliphatic heterocycles. The lowest BCUT2D eigenvalue weighted by Gasteiger charge is -2.26. The Kier molecular flexibility index (Phi) is 5.47. The fourth-order valence-corrected chi connectivity index (χ4v) is 4.90. The average Bonchev–Trinajstić information content (AvgIpc) is 3.21. The van der Waals surface area contributed by atoms with Crippen LogP contribution in [0.4, 0.5) is 11.4 Å². The topological polar surface area (TPSA) is 124 Å². The summed E-state index contributed by atoms with van der Waals surface area (Å²) in [6.07, 6.45) is -0.601. The molecule has 0 aromatic heterocycles. The van der Waals surface area contributed by atoms with Gasteiger partial charge in [0.2, 0.25) is 5.78 Å². The number of hydrogen-bond donors (Lipinski definition) is 0. The SMILES string of the molecule is C[C@H](OC(=O)c1ccc2c(c1[N+](=O)[O-])C(=O)c1ccccc1C2=O)C(=O)N1c2ccccc2C[C@@H]1C. The number of esters is 1. The number of benzene rings is 3. The van der Waals surface area contributed by atoms with E-state index in [4.69, 9.17) is 4.74 Å². The zero-order valence-corrected chi connectivity index (χ0v) is 19.4. The molecule has 0 unspecified atom stereocenters. The summed E-state index contributed by atoms with van der Waals surface area (Å²) in [5.74, 6) is -2.88. The minimum atomic E-state index is -1.25. The first-order valence-electron chi connectivity index (χ1n) is 11.3. The maximum absolute atomic E-state index is 13.2. The molecule has 0 saturated carbocycles. The van der Waals surface area contributed by atoms with Crippen LogP contribution >= 0.6 is 0 Å². The van der Waals surface area contributed by atoms with Crippen LogP contribution in [0.25, 0.3) is 0 Å². The van der Waals surface area contributed by atoms with Gasteiger partial charge in [-0.15, -0.1) is 0 Å². The fourth-order valence-electron chi connectivity index (χ4n) is 4.90. The van der Waals surface area contributed by atoms with Gasteiger partial charge in [-0.25, -0.2) is 4.79 Å². The number of anilines is 1. The Labute approximate surface area is 205 Å². The summed E-state index contributed by atoms with van der Waals surface area (Å²) in [4.78, 5) is 65.0. The van der Waals surface area contributed by atoms with E-state index >= 15 is 0 Å². The smallest absolute Gasteiger partial charge is 0.345 e. The van der Waals surface area contributed by atoms with Crippen molar-refractivity contribution < 1.29 is 28.8 Å². The van der Waals surface area contributed by atoms with E-state index in [1.54, 1.807) is 29.2 Å². The molecule has 0 saturated heterocycles. The fraction of sp³-hybridized carbons (Fsp3) is 0.185. The Morgan fingerprint density at radius 3 is 2.31 bits per heavy atom. The van der Waals surface area contributed by atoms with Crippen LogP contribution in [0.1, 0.15) is 61.6 Å². The number of ether oxygens (including phenoxy) is 1. The average molecular weight is 484 g/mol. The number of ketones is 2. The number of nitrogens with zero attached hydrogens (tertiary/aromatic N) is 2. The molecular weight excluding hydrogens is 464 g/mol. The van der Waals surface area contributed by atoms with Gasteiger partial charge >= 0.3 is 5.97 Å². The van der Waals surface area contributed by atoms with Gasteiger partial charge in [0, 0.05) is 28.4 Å². The molecule has 0 N–H and O–H groups in total. The molecule has 180 valence electrons. The Hall–Kier alpha value is -4.66. The molecule has 1 amide bonds. The highest BCUT2D eigenvalue weighted by molar-refractivity contribution is 6.30. The second kappa shape index (κ2) is 8.53. The lowest BCUT2D eigenvalue weighted by Crippen LogP contribution is -2.43. The standard InChI is InChI=1S/C27H20N2O7/c1-14-13-16-7-3-6-10-21(16)28(14)26(32)15(2)36-27(33)20-12-11-19-22(23(20)29(34)35)25(31)18-9-5-4-8-17(18)24(19)30/h3-12,14-15H,13H2,1-2H3/t14-,15-/m0/s1. The van der Waals surface area contributed by atoms with Crippen LogP contribution in [-0.4, -0.2) is 40.5 Å². The van der Waals surface area contributed by atoms with Crippen LogP contribution < -0.4 is 4.90 Å². The summed E-state index contributed by atoms with van der Waals surface area (Å²) in [6, 6.07) is 15.6. The van der Waals surface area contributed by atoms with Crippen LogP contribution in [0.2, 0.25) is 0 Å². The van der Waals surface area contributed by atoms with E-state index in [-0.39, 0.29) is 22.7 Å². The number of carbonyl (C=O) groups is 4. The highest BCUT2D eigenvalue weighted by atomic mass is 16.6.